The maximum Gasteiger partial charge on any atom is 0.433 e. The number of carbonyl (C=O) groups excluding carboxylic acids is 1. The molecule has 0 atom stereocenters. The molecule has 134 valence electrons. The molecule has 1 saturated carbocycles. The normalized spacial score (nSPS) is 16.2. The number of amides is 1. The molecule has 0 aromatic carbocycles. The molecule has 0 aliphatic heterocycles. The third-order valence-corrected chi connectivity index (χ3v) is 4.88. The van der Waals surface area contributed by atoms with Gasteiger partial charge in [0, 0.05) is 18.7 Å². The number of H-pyrrole nitrogens is 1. The van der Waals surface area contributed by atoms with Gasteiger partial charge in [0.25, 0.3) is 5.56 Å². The Morgan fingerprint density at radius 3 is 2.62 bits per heavy atom. The Balaban J connectivity index is 2.02. The second-order valence-electron chi connectivity index (χ2n) is 5.69. The number of alkyl halides is 3. The molecule has 0 radical (unpaired) electrons. The van der Waals surface area contributed by atoms with Crippen molar-refractivity contribution in [3.63, 3.8) is 0 Å². The van der Waals surface area contributed by atoms with Crippen LogP contribution in [0.1, 0.15) is 44.7 Å². The highest BCUT2D eigenvalue weighted by Gasteiger charge is 2.33. The van der Waals surface area contributed by atoms with Crippen LogP contribution in [-0.2, 0) is 11.0 Å². The topological polar surface area (TPSA) is 66.1 Å². The van der Waals surface area contributed by atoms with Crippen molar-refractivity contribution < 1.29 is 18.0 Å². The molecule has 24 heavy (non-hydrogen) atoms. The van der Waals surface area contributed by atoms with Crippen LogP contribution in [0.3, 0.4) is 0 Å². The van der Waals surface area contributed by atoms with E-state index in [4.69, 9.17) is 0 Å². The van der Waals surface area contributed by atoms with Gasteiger partial charge in [-0.1, -0.05) is 31.0 Å². The first-order chi connectivity index (χ1) is 11.3. The summed E-state index contributed by atoms with van der Waals surface area (Å²) in [6.07, 6.45) is 0.581. The number of aromatic nitrogens is 2. The number of aromatic amines is 1. The lowest BCUT2D eigenvalue weighted by Crippen LogP contribution is -2.42. The first kappa shape index (κ1) is 18.8. The van der Waals surface area contributed by atoms with E-state index in [0.717, 1.165) is 37.4 Å². The molecule has 1 heterocycles. The Kier molecular flexibility index (Phi) is 6.31. The Morgan fingerprint density at radius 1 is 1.38 bits per heavy atom. The second kappa shape index (κ2) is 8.04. The summed E-state index contributed by atoms with van der Waals surface area (Å²) < 4.78 is 38.0. The van der Waals surface area contributed by atoms with Crippen molar-refractivity contribution in [3.8, 4) is 0 Å². The molecule has 0 spiro atoms. The van der Waals surface area contributed by atoms with E-state index in [-0.39, 0.29) is 22.9 Å². The maximum absolute atomic E-state index is 12.7. The molecule has 0 saturated heterocycles. The fourth-order valence-corrected chi connectivity index (χ4v) is 3.65. The van der Waals surface area contributed by atoms with Crippen molar-refractivity contribution >= 4 is 17.7 Å². The smallest absolute Gasteiger partial charge is 0.339 e. The van der Waals surface area contributed by atoms with Crippen molar-refractivity contribution in [3.05, 3.63) is 22.1 Å². The van der Waals surface area contributed by atoms with Crippen LogP contribution >= 0.6 is 11.8 Å². The fourth-order valence-electron chi connectivity index (χ4n) is 2.89. The molecular weight excluding hydrogens is 343 g/mol. The summed E-state index contributed by atoms with van der Waals surface area (Å²) >= 11 is 0.823. The van der Waals surface area contributed by atoms with Gasteiger partial charge in [0.1, 0.15) is 0 Å². The SMILES string of the molecule is CCN(C(=O)CSc1nc(C(F)(F)F)cc(=O)[nH]1)C1CCCCC1. The highest BCUT2D eigenvalue weighted by atomic mass is 32.2. The first-order valence-corrected chi connectivity index (χ1v) is 8.90. The van der Waals surface area contributed by atoms with Crippen LogP contribution in [-0.4, -0.2) is 39.1 Å². The fraction of sp³-hybridized carbons (Fsp3) is 0.667. The van der Waals surface area contributed by atoms with Crippen LogP contribution in [0.4, 0.5) is 13.2 Å². The summed E-state index contributed by atoms with van der Waals surface area (Å²) in [5.41, 5.74) is -2.13. The molecule has 1 aromatic rings. The van der Waals surface area contributed by atoms with Crippen LogP contribution in [0, 0.1) is 0 Å². The summed E-state index contributed by atoms with van der Waals surface area (Å²) in [5, 5.41) is -0.192. The minimum atomic E-state index is -4.69. The Hall–Kier alpha value is -1.51. The van der Waals surface area contributed by atoms with Crippen LogP contribution in [0.15, 0.2) is 16.0 Å². The maximum atomic E-state index is 12.7. The number of nitrogens with one attached hydrogen (secondary N) is 1. The summed E-state index contributed by atoms with van der Waals surface area (Å²) in [5.74, 6) is -0.191. The van der Waals surface area contributed by atoms with E-state index in [1.807, 2.05) is 6.92 Å². The number of hydrogen-bond acceptors (Lipinski definition) is 4. The summed E-state index contributed by atoms with van der Waals surface area (Å²) in [4.78, 5) is 31.1. The molecule has 1 amide bonds. The Bertz CT molecular complexity index is 627. The van der Waals surface area contributed by atoms with Gasteiger partial charge in [0.2, 0.25) is 5.91 Å². The summed E-state index contributed by atoms with van der Waals surface area (Å²) in [6.45, 7) is 2.46. The number of nitrogens with zero attached hydrogens (tertiary/aromatic N) is 2. The molecule has 1 fully saturated rings. The van der Waals surface area contributed by atoms with Crippen molar-refractivity contribution in [1.29, 1.82) is 0 Å². The van der Waals surface area contributed by atoms with Crippen LogP contribution in [0.25, 0.3) is 0 Å². The lowest BCUT2D eigenvalue weighted by atomic mass is 9.94. The second-order valence-corrected chi connectivity index (χ2v) is 6.66. The molecule has 1 aliphatic rings. The van der Waals surface area contributed by atoms with Crippen LogP contribution in [0.5, 0.6) is 0 Å². The zero-order chi connectivity index (χ0) is 17.7. The molecule has 5 nitrogen and oxygen atoms in total. The van der Waals surface area contributed by atoms with Gasteiger partial charge < -0.3 is 9.88 Å². The zero-order valence-electron chi connectivity index (χ0n) is 13.4. The van der Waals surface area contributed by atoms with Crippen molar-refractivity contribution in [2.75, 3.05) is 12.3 Å². The van der Waals surface area contributed by atoms with Gasteiger partial charge in [-0.25, -0.2) is 4.98 Å². The molecule has 1 aromatic heterocycles. The monoisotopic (exact) mass is 363 g/mol. The van der Waals surface area contributed by atoms with E-state index in [9.17, 15) is 22.8 Å². The molecule has 1 aliphatic carbocycles. The van der Waals surface area contributed by atoms with Gasteiger partial charge in [-0.05, 0) is 19.8 Å². The standard InChI is InChI=1S/C15H20F3N3O2S/c1-2-21(10-6-4-3-5-7-10)13(23)9-24-14-19-11(15(16,17)18)8-12(22)20-14/h8,10H,2-7,9H2,1H3,(H,19,20,22). The average molecular weight is 363 g/mol. The number of halogens is 3. The molecular formula is C15H20F3N3O2S. The quantitative estimate of drug-likeness (QED) is 0.645. The highest BCUT2D eigenvalue weighted by molar-refractivity contribution is 7.99. The zero-order valence-corrected chi connectivity index (χ0v) is 14.2. The van der Waals surface area contributed by atoms with Crippen molar-refractivity contribution in [2.45, 2.75) is 56.4 Å². The van der Waals surface area contributed by atoms with Gasteiger partial charge in [-0.3, -0.25) is 9.59 Å². The van der Waals surface area contributed by atoms with E-state index in [2.05, 4.69) is 9.97 Å². The van der Waals surface area contributed by atoms with E-state index < -0.39 is 17.4 Å². The summed E-state index contributed by atoms with van der Waals surface area (Å²) in [6, 6.07) is 0.608. The van der Waals surface area contributed by atoms with E-state index in [0.29, 0.717) is 12.6 Å². The average Bonchev–Trinajstić information content (AvgIpc) is 2.53. The number of carbonyl (C=O) groups is 1. The number of thioether (sulfide) groups is 1. The number of hydrogen-bond donors (Lipinski definition) is 1. The van der Waals surface area contributed by atoms with Crippen LogP contribution < -0.4 is 5.56 Å². The van der Waals surface area contributed by atoms with Crippen molar-refractivity contribution in [2.24, 2.45) is 0 Å². The van der Waals surface area contributed by atoms with E-state index >= 15 is 0 Å². The molecule has 9 heteroatoms. The lowest BCUT2D eigenvalue weighted by molar-refractivity contribution is -0.141. The van der Waals surface area contributed by atoms with E-state index in [1.54, 1.807) is 4.90 Å². The van der Waals surface area contributed by atoms with E-state index in [1.165, 1.54) is 6.42 Å². The van der Waals surface area contributed by atoms with Gasteiger partial charge >= 0.3 is 6.18 Å². The minimum Gasteiger partial charge on any atom is -0.339 e. The number of rotatable bonds is 5. The van der Waals surface area contributed by atoms with Crippen molar-refractivity contribution in [1.82, 2.24) is 14.9 Å². The van der Waals surface area contributed by atoms with Gasteiger partial charge in [0.05, 0.1) is 5.75 Å². The third-order valence-electron chi connectivity index (χ3n) is 4.02. The molecule has 0 bridgehead atoms. The third kappa shape index (κ3) is 4.99. The van der Waals surface area contributed by atoms with Gasteiger partial charge in [0.15, 0.2) is 10.9 Å². The summed E-state index contributed by atoms with van der Waals surface area (Å²) in [7, 11) is 0. The molecule has 0 unspecified atom stereocenters. The predicted molar refractivity (Wildman–Crippen MR) is 84.8 cm³/mol. The predicted octanol–water partition coefficient (Wildman–Crippen LogP) is 3.06. The van der Waals surface area contributed by atoms with Gasteiger partial charge in [-0.15, -0.1) is 0 Å². The molecule has 1 N–H and O–H groups in total. The highest BCUT2D eigenvalue weighted by Crippen LogP contribution is 2.28. The minimum absolute atomic E-state index is 0.0470. The molecule has 2 rings (SSSR count). The lowest BCUT2D eigenvalue weighted by Gasteiger charge is -2.33. The largest absolute Gasteiger partial charge is 0.433 e. The Morgan fingerprint density at radius 2 is 2.04 bits per heavy atom. The Labute approximate surface area is 142 Å². The first-order valence-electron chi connectivity index (χ1n) is 7.92. The van der Waals surface area contributed by atoms with Gasteiger partial charge in [-0.2, -0.15) is 13.2 Å². The van der Waals surface area contributed by atoms with Crippen LogP contribution in [0.2, 0.25) is 0 Å².